The first-order chi connectivity index (χ1) is 18.0. The maximum atomic E-state index is 14.8. The molecule has 2 heterocycles. The Bertz CT molecular complexity index is 1370. The van der Waals surface area contributed by atoms with Crippen molar-refractivity contribution in [2.75, 3.05) is 5.32 Å². The highest BCUT2D eigenvalue weighted by atomic mass is 19.1. The van der Waals surface area contributed by atoms with E-state index in [2.05, 4.69) is 20.3 Å². The number of anilines is 1. The molecule has 1 aliphatic carbocycles. The van der Waals surface area contributed by atoms with Crippen LogP contribution < -0.4 is 10.1 Å². The van der Waals surface area contributed by atoms with E-state index in [9.17, 15) is 14.3 Å². The molecule has 5 rings (SSSR count). The van der Waals surface area contributed by atoms with E-state index in [-0.39, 0.29) is 17.7 Å². The lowest BCUT2D eigenvalue weighted by atomic mass is 9.86. The van der Waals surface area contributed by atoms with E-state index in [1.807, 2.05) is 60.7 Å². The molecule has 0 unspecified atom stereocenters. The highest BCUT2D eigenvalue weighted by Crippen LogP contribution is 2.29. The molecule has 7 nitrogen and oxygen atoms in total. The fourth-order valence-corrected chi connectivity index (χ4v) is 4.58. The minimum Gasteiger partial charge on any atom is -0.481 e. The molecular weight excluding hydrogens is 471 g/mol. The third kappa shape index (κ3) is 6.09. The predicted molar refractivity (Wildman–Crippen MR) is 138 cm³/mol. The second kappa shape index (κ2) is 11.2. The van der Waals surface area contributed by atoms with Crippen LogP contribution in [0.3, 0.4) is 0 Å². The second-order valence-electron chi connectivity index (χ2n) is 9.17. The first kappa shape index (κ1) is 24.4. The summed E-state index contributed by atoms with van der Waals surface area (Å²) < 4.78 is 20.5. The molecule has 8 heteroatoms. The van der Waals surface area contributed by atoms with E-state index in [1.54, 1.807) is 12.3 Å². The van der Waals surface area contributed by atoms with Crippen molar-refractivity contribution in [2.24, 2.45) is 5.92 Å². The van der Waals surface area contributed by atoms with Crippen LogP contribution in [-0.2, 0) is 11.4 Å². The van der Waals surface area contributed by atoms with Gasteiger partial charge in [-0.15, -0.1) is 0 Å². The number of aromatic nitrogens is 3. The molecule has 2 atom stereocenters. The molecule has 2 N–H and O–H groups in total. The van der Waals surface area contributed by atoms with Crippen LogP contribution in [0.1, 0.15) is 31.2 Å². The van der Waals surface area contributed by atoms with Gasteiger partial charge in [0.05, 0.1) is 12.1 Å². The van der Waals surface area contributed by atoms with Gasteiger partial charge in [-0.25, -0.2) is 19.3 Å². The van der Waals surface area contributed by atoms with Crippen LogP contribution in [0.2, 0.25) is 0 Å². The number of carbonyl (C=O) groups is 1. The standard InChI is InChI=1S/C29H27FN4O3/c30-25-17-32-29(33-24-11-5-10-22(15-24)28(35)36)34-27(25)21-9-4-8-20(14-21)23-12-13-26(31-16-23)37-18-19-6-2-1-3-7-19/h1-4,6-9,12-14,16-17,22,24H,5,10-11,15,18H2,(H,35,36)(H,32,33,34)/t22-,24+/m0/s1. The zero-order chi connectivity index (χ0) is 25.6. The summed E-state index contributed by atoms with van der Waals surface area (Å²) in [7, 11) is 0. The average molecular weight is 499 g/mol. The van der Waals surface area contributed by atoms with Gasteiger partial charge in [-0.05, 0) is 42.5 Å². The maximum Gasteiger partial charge on any atom is 0.306 e. The zero-order valence-corrected chi connectivity index (χ0v) is 20.2. The Morgan fingerprint density at radius 3 is 2.59 bits per heavy atom. The monoisotopic (exact) mass is 498 g/mol. The van der Waals surface area contributed by atoms with Gasteiger partial charge in [0.25, 0.3) is 0 Å². The Morgan fingerprint density at radius 1 is 0.973 bits per heavy atom. The highest BCUT2D eigenvalue weighted by molar-refractivity contribution is 5.72. The first-order valence-electron chi connectivity index (χ1n) is 12.3. The summed E-state index contributed by atoms with van der Waals surface area (Å²) in [5.74, 6) is -0.882. The molecule has 4 aromatic rings. The van der Waals surface area contributed by atoms with Gasteiger partial charge < -0.3 is 15.2 Å². The number of benzene rings is 2. The van der Waals surface area contributed by atoms with Gasteiger partial charge in [-0.1, -0.05) is 55.0 Å². The Balaban J connectivity index is 1.30. The number of ether oxygens (including phenoxy) is 1. The summed E-state index contributed by atoms with van der Waals surface area (Å²) in [6.07, 6.45) is 5.69. The van der Waals surface area contributed by atoms with Gasteiger partial charge in [-0.2, -0.15) is 0 Å². The smallest absolute Gasteiger partial charge is 0.306 e. The van der Waals surface area contributed by atoms with Gasteiger partial charge in [0.15, 0.2) is 5.82 Å². The molecule has 188 valence electrons. The van der Waals surface area contributed by atoms with Crippen LogP contribution in [0.25, 0.3) is 22.4 Å². The molecule has 0 amide bonds. The lowest BCUT2D eigenvalue weighted by molar-refractivity contribution is -0.142. The van der Waals surface area contributed by atoms with E-state index in [1.165, 1.54) is 0 Å². The van der Waals surface area contributed by atoms with E-state index in [0.29, 0.717) is 36.8 Å². The van der Waals surface area contributed by atoms with Crippen molar-refractivity contribution in [2.45, 2.75) is 38.3 Å². The first-order valence-corrected chi connectivity index (χ1v) is 12.3. The van der Waals surface area contributed by atoms with E-state index >= 15 is 0 Å². The summed E-state index contributed by atoms with van der Waals surface area (Å²) in [4.78, 5) is 24.3. The largest absolute Gasteiger partial charge is 0.481 e. The number of carboxylic acid groups (broad SMARTS) is 1. The molecule has 0 spiro atoms. The van der Waals surface area contributed by atoms with Crippen LogP contribution in [0, 0.1) is 11.7 Å². The number of rotatable bonds is 8. The quantitative estimate of drug-likeness (QED) is 0.308. The molecule has 0 radical (unpaired) electrons. The van der Waals surface area contributed by atoms with Crippen LogP contribution in [-0.4, -0.2) is 32.1 Å². The van der Waals surface area contributed by atoms with Crippen molar-refractivity contribution in [3.8, 4) is 28.3 Å². The molecule has 0 aliphatic heterocycles. The van der Waals surface area contributed by atoms with Crippen molar-refractivity contribution in [1.82, 2.24) is 15.0 Å². The summed E-state index contributed by atoms with van der Waals surface area (Å²) in [5, 5.41) is 12.5. The van der Waals surface area contributed by atoms with E-state index < -0.39 is 11.8 Å². The minimum absolute atomic E-state index is 0.0619. The van der Waals surface area contributed by atoms with Gasteiger partial charge in [0.1, 0.15) is 12.3 Å². The Labute approximate surface area is 214 Å². The molecule has 1 fully saturated rings. The van der Waals surface area contributed by atoms with Gasteiger partial charge in [0.2, 0.25) is 11.8 Å². The van der Waals surface area contributed by atoms with Crippen LogP contribution in [0.15, 0.2) is 79.1 Å². The average Bonchev–Trinajstić information content (AvgIpc) is 2.94. The summed E-state index contributed by atoms with van der Waals surface area (Å²) in [5.41, 5.74) is 3.58. The highest BCUT2D eigenvalue weighted by Gasteiger charge is 2.27. The lowest BCUT2D eigenvalue weighted by Gasteiger charge is -2.27. The topological polar surface area (TPSA) is 97.2 Å². The predicted octanol–water partition coefficient (Wildman–Crippen LogP) is 5.98. The number of hydrogen-bond acceptors (Lipinski definition) is 6. The molecule has 1 aliphatic rings. The third-order valence-corrected chi connectivity index (χ3v) is 6.54. The Hall–Kier alpha value is -4.33. The number of nitrogens with one attached hydrogen (secondary N) is 1. The normalized spacial score (nSPS) is 17.2. The number of carboxylic acids is 1. The molecule has 37 heavy (non-hydrogen) atoms. The molecule has 1 saturated carbocycles. The molecule has 2 aromatic carbocycles. The summed E-state index contributed by atoms with van der Waals surface area (Å²) in [6, 6.07) is 21.0. The van der Waals surface area contributed by atoms with Crippen molar-refractivity contribution < 1.29 is 19.0 Å². The van der Waals surface area contributed by atoms with Crippen molar-refractivity contribution in [1.29, 1.82) is 0 Å². The SMILES string of the molecule is O=C(O)[C@H]1CCC[C@@H](Nc2ncc(F)c(-c3cccc(-c4ccc(OCc5ccccc5)nc4)c3)n2)C1. The van der Waals surface area contributed by atoms with E-state index in [4.69, 9.17) is 4.74 Å². The number of halogens is 1. The van der Waals surface area contributed by atoms with Gasteiger partial charge >= 0.3 is 5.97 Å². The van der Waals surface area contributed by atoms with Crippen LogP contribution in [0.4, 0.5) is 10.3 Å². The number of nitrogens with zero attached hydrogens (tertiary/aromatic N) is 3. The van der Waals surface area contributed by atoms with E-state index in [0.717, 1.165) is 35.7 Å². The van der Waals surface area contributed by atoms with Gasteiger partial charge in [0, 0.05) is 29.4 Å². The van der Waals surface area contributed by atoms with Crippen LogP contribution in [0.5, 0.6) is 5.88 Å². The Kier molecular flexibility index (Phi) is 7.35. The fraction of sp³-hybridized carbons (Fsp3) is 0.241. The van der Waals surface area contributed by atoms with Crippen molar-refractivity contribution >= 4 is 11.9 Å². The zero-order valence-electron chi connectivity index (χ0n) is 20.2. The number of hydrogen-bond donors (Lipinski definition) is 2. The second-order valence-corrected chi connectivity index (χ2v) is 9.17. The molecule has 0 bridgehead atoms. The molecule has 0 saturated heterocycles. The number of pyridine rings is 1. The number of aliphatic carboxylic acids is 1. The lowest BCUT2D eigenvalue weighted by Crippen LogP contribution is -2.31. The summed E-state index contributed by atoms with van der Waals surface area (Å²) in [6.45, 7) is 0.434. The third-order valence-electron chi connectivity index (χ3n) is 6.54. The van der Waals surface area contributed by atoms with Gasteiger partial charge in [-0.3, -0.25) is 4.79 Å². The molecular formula is C29H27FN4O3. The maximum absolute atomic E-state index is 14.8. The Morgan fingerprint density at radius 2 is 1.81 bits per heavy atom. The van der Waals surface area contributed by atoms with Crippen molar-refractivity contribution in [3.63, 3.8) is 0 Å². The minimum atomic E-state index is -0.783. The fourth-order valence-electron chi connectivity index (χ4n) is 4.58. The molecule has 2 aromatic heterocycles. The van der Waals surface area contributed by atoms with Crippen LogP contribution >= 0.6 is 0 Å². The summed E-state index contributed by atoms with van der Waals surface area (Å²) >= 11 is 0. The van der Waals surface area contributed by atoms with Crippen molar-refractivity contribution in [3.05, 3.63) is 90.5 Å².